The molecule has 14 heavy (non-hydrogen) atoms. The number of carboxylic acid groups (broad SMARTS) is 1. The Bertz CT molecular complexity index is 266. The summed E-state index contributed by atoms with van der Waals surface area (Å²) < 4.78 is 0. The molecule has 1 atom stereocenters. The fourth-order valence-electron chi connectivity index (χ4n) is 1.73. The minimum absolute atomic E-state index is 0.188. The van der Waals surface area contributed by atoms with E-state index >= 15 is 0 Å². The lowest BCUT2D eigenvalue weighted by Crippen LogP contribution is -2.11. The Morgan fingerprint density at radius 1 is 1.64 bits per heavy atom. The Hall–Kier alpha value is -1.12. The van der Waals surface area contributed by atoms with Crippen molar-refractivity contribution in [2.24, 2.45) is 5.92 Å². The van der Waals surface area contributed by atoms with Crippen molar-refractivity contribution in [1.82, 2.24) is 0 Å². The van der Waals surface area contributed by atoms with Crippen LogP contribution in [0.1, 0.15) is 39.0 Å². The first-order valence-corrected chi connectivity index (χ1v) is 5.04. The van der Waals surface area contributed by atoms with Crippen molar-refractivity contribution in [2.45, 2.75) is 39.0 Å². The van der Waals surface area contributed by atoms with Gasteiger partial charge in [-0.1, -0.05) is 12.5 Å². The predicted molar refractivity (Wildman–Crippen MR) is 53.0 cm³/mol. The van der Waals surface area contributed by atoms with Crippen LogP contribution in [0.2, 0.25) is 0 Å². The summed E-state index contributed by atoms with van der Waals surface area (Å²) in [5.74, 6) is -0.129. The SMILES string of the molecule is C[C@@H]1CCC(=O)C=C1CCCC(=O)O. The highest BCUT2D eigenvalue weighted by Gasteiger charge is 2.17. The quantitative estimate of drug-likeness (QED) is 0.749. The molecule has 0 saturated carbocycles. The maximum Gasteiger partial charge on any atom is 0.303 e. The fraction of sp³-hybridized carbons (Fsp3) is 0.636. The Labute approximate surface area is 83.8 Å². The largest absolute Gasteiger partial charge is 0.481 e. The van der Waals surface area contributed by atoms with Crippen LogP contribution in [0.15, 0.2) is 11.6 Å². The van der Waals surface area contributed by atoms with Gasteiger partial charge in [0.25, 0.3) is 0 Å². The van der Waals surface area contributed by atoms with Crippen LogP contribution in [0, 0.1) is 5.92 Å². The van der Waals surface area contributed by atoms with Crippen LogP contribution in [0.5, 0.6) is 0 Å². The van der Waals surface area contributed by atoms with E-state index in [0.717, 1.165) is 18.4 Å². The number of allylic oxidation sites excluding steroid dienone is 2. The molecule has 1 rings (SSSR count). The third-order valence-electron chi connectivity index (χ3n) is 2.66. The molecular weight excluding hydrogens is 180 g/mol. The average molecular weight is 196 g/mol. The molecule has 0 aromatic heterocycles. The van der Waals surface area contributed by atoms with Crippen molar-refractivity contribution >= 4 is 11.8 Å². The molecule has 0 aliphatic heterocycles. The number of carboxylic acids is 1. The number of ketones is 1. The second-order valence-corrected chi connectivity index (χ2v) is 3.87. The van der Waals surface area contributed by atoms with Crippen LogP contribution in [-0.2, 0) is 9.59 Å². The van der Waals surface area contributed by atoms with E-state index in [2.05, 4.69) is 6.92 Å². The fourth-order valence-corrected chi connectivity index (χ4v) is 1.73. The summed E-state index contributed by atoms with van der Waals surface area (Å²) in [7, 11) is 0. The number of aliphatic carboxylic acids is 1. The summed E-state index contributed by atoms with van der Waals surface area (Å²) in [6.45, 7) is 2.10. The van der Waals surface area contributed by atoms with E-state index in [9.17, 15) is 9.59 Å². The molecule has 0 saturated heterocycles. The van der Waals surface area contributed by atoms with E-state index in [1.54, 1.807) is 6.08 Å². The monoisotopic (exact) mass is 196 g/mol. The Balaban J connectivity index is 2.41. The number of carbonyl (C=O) groups is 2. The summed E-state index contributed by atoms with van der Waals surface area (Å²) in [5.41, 5.74) is 1.13. The van der Waals surface area contributed by atoms with Crippen LogP contribution < -0.4 is 0 Å². The van der Waals surface area contributed by atoms with E-state index in [-0.39, 0.29) is 12.2 Å². The molecule has 3 nitrogen and oxygen atoms in total. The smallest absolute Gasteiger partial charge is 0.303 e. The average Bonchev–Trinajstić information content (AvgIpc) is 2.10. The molecule has 1 aliphatic rings. The Morgan fingerprint density at radius 2 is 2.36 bits per heavy atom. The first-order valence-electron chi connectivity index (χ1n) is 5.04. The minimum Gasteiger partial charge on any atom is -0.481 e. The molecule has 0 fully saturated rings. The molecule has 0 bridgehead atoms. The van der Waals surface area contributed by atoms with Gasteiger partial charge in [0, 0.05) is 12.8 Å². The van der Waals surface area contributed by atoms with Gasteiger partial charge in [0.1, 0.15) is 0 Å². The molecule has 1 N–H and O–H groups in total. The number of carbonyl (C=O) groups excluding carboxylic acids is 1. The molecule has 0 aromatic carbocycles. The predicted octanol–water partition coefficient (Wildman–Crippen LogP) is 2.17. The van der Waals surface area contributed by atoms with Crippen LogP contribution >= 0.6 is 0 Å². The van der Waals surface area contributed by atoms with E-state index in [4.69, 9.17) is 5.11 Å². The van der Waals surface area contributed by atoms with Gasteiger partial charge in [-0.3, -0.25) is 9.59 Å². The van der Waals surface area contributed by atoms with Gasteiger partial charge in [0.05, 0.1) is 0 Å². The molecule has 0 amide bonds. The summed E-state index contributed by atoms with van der Waals surface area (Å²) >= 11 is 0. The maximum absolute atomic E-state index is 11.1. The second kappa shape index (κ2) is 4.94. The summed E-state index contributed by atoms with van der Waals surface area (Å²) in [6, 6.07) is 0. The molecule has 0 spiro atoms. The molecular formula is C11H16O3. The van der Waals surface area contributed by atoms with Crippen LogP contribution in [0.25, 0.3) is 0 Å². The van der Waals surface area contributed by atoms with Gasteiger partial charge in [0.2, 0.25) is 0 Å². The van der Waals surface area contributed by atoms with Crippen molar-refractivity contribution in [1.29, 1.82) is 0 Å². The van der Waals surface area contributed by atoms with Gasteiger partial charge < -0.3 is 5.11 Å². The maximum atomic E-state index is 11.1. The number of hydrogen-bond donors (Lipinski definition) is 1. The first kappa shape index (κ1) is 11.0. The van der Waals surface area contributed by atoms with Crippen LogP contribution in [0.3, 0.4) is 0 Å². The zero-order valence-corrected chi connectivity index (χ0v) is 8.45. The highest BCUT2D eigenvalue weighted by atomic mass is 16.4. The third kappa shape index (κ3) is 3.32. The van der Waals surface area contributed by atoms with Gasteiger partial charge in [-0.25, -0.2) is 0 Å². The zero-order chi connectivity index (χ0) is 10.6. The van der Waals surface area contributed by atoms with E-state index in [1.807, 2.05) is 0 Å². The zero-order valence-electron chi connectivity index (χ0n) is 8.45. The third-order valence-corrected chi connectivity index (χ3v) is 2.66. The second-order valence-electron chi connectivity index (χ2n) is 3.87. The minimum atomic E-state index is -0.764. The van der Waals surface area contributed by atoms with E-state index < -0.39 is 5.97 Å². The molecule has 0 unspecified atom stereocenters. The lowest BCUT2D eigenvalue weighted by Gasteiger charge is -2.19. The molecule has 78 valence electrons. The Kier molecular flexibility index (Phi) is 3.86. The molecule has 3 heteroatoms. The van der Waals surface area contributed by atoms with Crippen LogP contribution in [0.4, 0.5) is 0 Å². The number of hydrogen-bond acceptors (Lipinski definition) is 2. The molecule has 1 aliphatic carbocycles. The summed E-state index contributed by atoms with van der Waals surface area (Å²) in [5, 5.41) is 8.47. The van der Waals surface area contributed by atoms with Gasteiger partial charge in [-0.15, -0.1) is 0 Å². The Morgan fingerprint density at radius 3 is 3.00 bits per heavy atom. The van der Waals surface area contributed by atoms with Crippen molar-refractivity contribution in [3.63, 3.8) is 0 Å². The van der Waals surface area contributed by atoms with Crippen molar-refractivity contribution in [3.05, 3.63) is 11.6 Å². The highest BCUT2D eigenvalue weighted by molar-refractivity contribution is 5.91. The lowest BCUT2D eigenvalue weighted by atomic mass is 9.86. The number of rotatable bonds is 4. The molecule has 0 radical (unpaired) electrons. The summed E-state index contributed by atoms with van der Waals surface area (Å²) in [6.07, 6.45) is 4.84. The topological polar surface area (TPSA) is 54.4 Å². The van der Waals surface area contributed by atoms with Gasteiger partial charge >= 0.3 is 5.97 Å². The normalized spacial score (nSPS) is 21.9. The van der Waals surface area contributed by atoms with Crippen molar-refractivity contribution in [3.8, 4) is 0 Å². The first-order chi connectivity index (χ1) is 6.59. The highest BCUT2D eigenvalue weighted by Crippen LogP contribution is 2.26. The van der Waals surface area contributed by atoms with E-state index in [1.165, 1.54) is 0 Å². The van der Waals surface area contributed by atoms with Crippen molar-refractivity contribution < 1.29 is 14.7 Å². The van der Waals surface area contributed by atoms with Gasteiger partial charge in [-0.2, -0.15) is 0 Å². The van der Waals surface area contributed by atoms with Gasteiger partial charge in [0.15, 0.2) is 5.78 Å². The molecule has 0 aromatic rings. The molecule has 0 heterocycles. The van der Waals surface area contributed by atoms with Crippen LogP contribution in [-0.4, -0.2) is 16.9 Å². The standard InChI is InChI=1S/C11H16O3/c1-8-5-6-10(12)7-9(8)3-2-4-11(13)14/h7-8H,2-6H2,1H3,(H,13,14)/t8-/m1/s1. The lowest BCUT2D eigenvalue weighted by molar-refractivity contribution is -0.137. The summed E-state index contributed by atoms with van der Waals surface area (Å²) in [4.78, 5) is 21.4. The van der Waals surface area contributed by atoms with Gasteiger partial charge in [-0.05, 0) is 31.3 Å². The van der Waals surface area contributed by atoms with E-state index in [0.29, 0.717) is 18.8 Å². The van der Waals surface area contributed by atoms with Crippen molar-refractivity contribution in [2.75, 3.05) is 0 Å².